The largest absolute Gasteiger partial charge is 0.493 e. The van der Waals surface area contributed by atoms with Gasteiger partial charge in [-0.05, 0) is 79.2 Å². The Balaban J connectivity index is 1.46. The topological polar surface area (TPSA) is 76.4 Å². The minimum atomic E-state index is -0.337. The zero-order chi connectivity index (χ0) is 24.2. The summed E-state index contributed by atoms with van der Waals surface area (Å²) in [5.74, 6) is 1.09. The van der Waals surface area contributed by atoms with Crippen molar-refractivity contribution in [3.63, 3.8) is 0 Å². The number of rotatable bonds is 6. The third-order valence-electron chi connectivity index (χ3n) is 4.91. The summed E-state index contributed by atoms with van der Waals surface area (Å²) in [7, 11) is 0. The number of carbonyl (C=O) groups is 1. The van der Waals surface area contributed by atoms with Crippen LogP contribution in [0, 0.1) is 12.8 Å². The lowest BCUT2D eigenvalue weighted by Gasteiger charge is -2.12. The van der Waals surface area contributed by atoms with Crippen molar-refractivity contribution in [3.8, 4) is 17.2 Å². The number of oxazole rings is 1. The molecular weight excluding hydrogens is 470 g/mol. The van der Waals surface area contributed by atoms with Gasteiger partial charge in [0.2, 0.25) is 5.89 Å². The van der Waals surface area contributed by atoms with Crippen LogP contribution in [0.3, 0.4) is 0 Å². The molecule has 0 aliphatic rings. The minimum Gasteiger partial charge on any atom is -0.493 e. The summed E-state index contributed by atoms with van der Waals surface area (Å²) in [6.07, 6.45) is 0. The van der Waals surface area contributed by atoms with Crippen LogP contribution in [0.4, 0.5) is 5.69 Å². The molecule has 1 aromatic heterocycles. The smallest absolute Gasteiger partial charge is 0.257 e. The number of nitrogens with one attached hydrogen (secondary N) is 2. The molecule has 6 nitrogen and oxygen atoms in total. The summed E-state index contributed by atoms with van der Waals surface area (Å²) < 4.78 is 11.6. The second kappa shape index (κ2) is 10.2. The quantitative estimate of drug-likeness (QED) is 0.294. The number of carbonyl (C=O) groups excluding carboxylic acids is 1. The molecule has 1 heterocycles. The molecule has 2 N–H and O–H groups in total. The molecule has 4 rings (SSSR count). The van der Waals surface area contributed by atoms with Gasteiger partial charge in [-0.15, -0.1) is 0 Å². The minimum absolute atomic E-state index is 0.153. The summed E-state index contributed by atoms with van der Waals surface area (Å²) in [6, 6.07) is 18.0. The monoisotopic (exact) mass is 493 g/mol. The normalized spacial score (nSPS) is 11.0. The number of ether oxygens (including phenoxy) is 1. The van der Waals surface area contributed by atoms with Crippen molar-refractivity contribution in [2.45, 2.75) is 20.8 Å². The Labute approximate surface area is 208 Å². The molecule has 0 bridgehead atoms. The van der Waals surface area contributed by atoms with Gasteiger partial charge >= 0.3 is 0 Å². The van der Waals surface area contributed by atoms with Crippen LogP contribution in [0.5, 0.6) is 5.75 Å². The molecule has 4 aromatic rings. The Bertz CT molecular complexity index is 1370. The van der Waals surface area contributed by atoms with E-state index < -0.39 is 0 Å². The number of anilines is 1. The number of amides is 1. The maximum atomic E-state index is 12.7. The first-order valence-corrected chi connectivity index (χ1v) is 11.6. The van der Waals surface area contributed by atoms with E-state index in [1.54, 1.807) is 36.4 Å². The third kappa shape index (κ3) is 5.73. The average molecular weight is 494 g/mol. The molecule has 0 saturated carbocycles. The van der Waals surface area contributed by atoms with Crippen molar-refractivity contribution < 1.29 is 13.9 Å². The number of nitrogens with zero attached hydrogens (tertiary/aromatic N) is 1. The van der Waals surface area contributed by atoms with Gasteiger partial charge in [-0.25, -0.2) is 4.98 Å². The Morgan fingerprint density at radius 2 is 1.97 bits per heavy atom. The predicted molar refractivity (Wildman–Crippen MR) is 140 cm³/mol. The number of aromatic nitrogens is 1. The first kappa shape index (κ1) is 23.7. The van der Waals surface area contributed by atoms with Crippen molar-refractivity contribution in [3.05, 3.63) is 76.8 Å². The van der Waals surface area contributed by atoms with Crippen molar-refractivity contribution in [2.75, 3.05) is 11.9 Å². The number of thiocarbonyl (C=S) groups is 1. The number of hydrogen-bond donors (Lipinski definition) is 2. The zero-order valence-electron chi connectivity index (χ0n) is 19.0. The van der Waals surface area contributed by atoms with Crippen LogP contribution >= 0.6 is 23.8 Å². The second-order valence-corrected chi connectivity index (χ2v) is 9.14. The maximum Gasteiger partial charge on any atom is 0.257 e. The van der Waals surface area contributed by atoms with Gasteiger partial charge in [0.05, 0.1) is 17.2 Å². The maximum absolute atomic E-state index is 12.7. The number of fused-ring (bicyclic) bond motifs is 1. The van der Waals surface area contributed by atoms with E-state index >= 15 is 0 Å². The Hall–Kier alpha value is -3.42. The first-order chi connectivity index (χ1) is 16.3. The van der Waals surface area contributed by atoms with Crippen LogP contribution in [0.25, 0.3) is 22.6 Å². The molecule has 0 spiro atoms. The number of aryl methyl sites for hydroxylation is 1. The van der Waals surface area contributed by atoms with Gasteiger partial charge in [0.15, 0.2) is 10.7 Å². The average Bonchev–Trinajstić information content (AvgIpc) is 3.22. The lowest BCUT2D eigenvalue weighted by molar-refractivity contribution is 0.0977. The summed E-state index contributed by atoms with van der Waals surface area (Å²) in [5, 5.41) is 6.35. The van der Waals surface area contributed by atoms with E-state index in [0.29, 0.717) is 51.6 Å². The van der Waals surface area contributed by atoms with Crippen molar-refractivity contribution in [1.29, 1.82) is 0 Å². The zero-order valence-corrected chi connectivity index (χ0v) is 20.6. The van der Waals surface area contributed by atoms with Crippen LogP contribution in [0.2, 0.25) is 5.02 Å². The molecule has 0 radical (unpaired) electrons. The lowest BCUT2D eigenvalue weighted by atomic mass is 10.2. The molecule has 0 saturated heterocycles. The Kier molecular flexibility index (Phi) is 7.14. The molecule has 0 atom stereocenters. The van der Waals surface area contributed by atoms with E-state index in [1.807, 2.05) is 31.2 Å². The highest BCUT2D eigenvalue weighted by Gasteiger charge is 2.14. The number of hydrogen-bond acceptors (Lipinski definition) is 5. The highest BCUT2D eigenvalue weighted by Crippen LogP contribution is 2.32. The van der Waals surface area contributed by atoms with Crippen molar-refractivity contribution in [2.24, 2.45) is 5.92 Å². The standard InChI is InChI=1S/C26H24ClN3O3S/c1-15(2)14-32-19-6-4-5-17(12-19)24(31)30-26(34)28-18-8-9-21(27)20(13-18)25-29-22-10-7-16(3)11-23(22)33-25/h4-13,15H,14H2,1-3H3,(H2,28,30,31,34). The fourth-order valence-electron chi connectivity index (χ4n) is 3.24. The predicted octanol–water partition coefficient (Wildman–Crippen LogP) is 6.62. The fraction of sp³-hybridized carbons (Fsp3) is 0.192. The van der Waals surface area contributed by atoms with Crippen LogP contribution in [0.1, 0.15) is 29.8 Å². The number of halogens is 1. The molecular formula is C26H24ClN3O3S. The van der Waals surface area contributed by atoms with Crippen LogP contribution in [-0.4, -0.2) is 22.6 Å². The van der Waals surface area contributed by atoms with Gasteiger partial charge in [-0.2, -0.15) is 0 Å². The molecule has 34 heavy (non-hydrogen) atoms. The second-order valence-electron chi connectivity index (χ2n) is 8.33. The van der Waals surface area contributed by atoms with Gasteiger partial charge in [-0.3, -0.25) is 10.1 Å². The molecule has 3 aromatic carbocycles. The van der Waals surface area contributed by atoms with Gasteiger partial charge in [-0.1, -0.05) is 37.6 Å². The van der Waals surface area contributed by atoms with Crippen LogP contribution < -0.4 is 15.4 Å². The van der Waals surface area contributed by atoms with Gasteiger partial charge in [0, 0.05) is 11.3 Å². The van der Waals surface area contributed by atoms with Crippen molar-refractivity contribution >= 4 is 51.6 Å². The molecule has 8 heteroatoms. The van der Waals surface area contributed by atoms with E-state index in [-0.39, 0.29) is 11.0 Å². The Morgan fingerprint density at radius 1 is 1.15 bits per heavy atom. The highest BCUT2D eigenvalue weighted by atomic mass is 35.5. The summed E-state index contributed by atoms with van der Waals surface area (Å²) in [4.78, 5) is 17.2. The summed E-state index contributed by atoms with van der Waals surface area (Å²) >= 11 is 11.8. The van der Waals surface area contributed by atoms with Gasteiger partial charge < -0.3 is 14.5 Å². The highest BCUT2D eigenvalue weighted by molar-refractivity contribution is 7.80. The third-order valence-corrected chi connectivity index (χ3v) is 5.44. The van der Waals surface area contributed by atoms with Gasteiger partial charge in [0.25, 0.3) is 5.91 Å². The molecule has 0 unspecified atom stereocenters. The first-order valence-electron chi connectivity index (χ1n) is 10.8. The van der Waals surface area contributed by atoms with E-state index in [2.05, 4.69) is 29.5 Å². The van der Waals surface area contributed by atoms with E-state index in [4.69, 9.17) is 33.0 Å². The van der Waals surface area contributed by atoms with E-state index in [0.717, 1.165) is 11.1 Å². The SMILES string of the molecule is Cc1ccc2nc(-c3cc(NC(=S)NC(=O)c4cccc(OCC(C)C)c4)ccc3Cl)oc2c1. The molecule has 0 fully saturated rings. The van der Waals surface area contributed by atoms with E-state index in [1.165, 1.54) is 0 Å². The summed E-state index contributed by atoms with van der Waals surface area (Å²) in [6.45, 7) is 6.69. The molecule has 0 aliphatic heterocycles. The number of benzene rings is 3. The summed E-state index contributed by atoms with van der Waals surface area (Å²) in [5.41, 5.74) is 4.21. The fourth-order valence-corrected chi connectivity index (χ4v) is 3.65. The molecule has 0 aliphatic carbocycles. The Morgan fingerprint density at radius 3 is 2.76 bits per heavy atom. The van der Waals surface area contributed by atoms with Gasteiger partial charge in [0.1, 0.15) is 11.3 Å². The van der Waals surface area contributed by atoms with Crippen LogP contribution in [0.15, 0.2) is 65.1 Å². The molecule has 174 valence electrons. The van der Waals surface area contributed by atoms with E-state index in [9.17, 15) is 4.79 Å². The van der Waals surface area contributed by atoms with Crippen LogP contribution in [-0.2, 0) is 0 Å². The lowest BCUT2D eigenvalue weighted by Crippen LogP contribution is -2.34. The van der Waals surface area contributed by atoms with Crippen molar-refractivity contribution in [1.82, 2.24) is 10.3 Å². The molecule has 1 amide bonds.